The molecule has 0 radical (unpaired) electrons. The first-order valence-electron chi connectivity index (χ1n) is 5.80. The molecule has 1 aliphatic heterocycles. The molecule has 2 heterocycles. The predicted molar refractivity (Wildman–Crippen MR) is 84.2 cm³/mol. The number of rotatable bonds is 2. The minimum Gasteiger partial charge on any atom is -0.338 e. The second kappa shape index (κ2) is 8.53. The van der Waals surface area contributed by atoms with Gasteiger partial charge in [0.25, 0.3) is 0 Å². The number of halogens is 2. The molecule has 0 bridgehead atoms. The number of nitrogens with zero attached hydrogens (tertiary/aromatic N) is 2. The number of aromatic nitrogens is 1. The highest BCUT2D eigenvalue weighted by Crippen LogP contribution is 2.14. The van der Waals surface area contributed by atoms with Gasteiger partial charge in [-0.2, -0.15) is 0 Å². The fraction of sp³-hybridized carbons (Fsp3) is 0.500. The minimum atomic E-state index is 0. The first kappa shape index (κ1) is 18.4. The molecule has 1 atom stereocenters. The van der Waals surface area contributed by atoms with Crippen LogP contribution >= 0.6 is 36.2 Å². The van der Waals surface area contributed by atoms with E-state index in [2.05, 4.69) is 4.98 Å². The first-order valence-corrected chi connectivity index (χ1v) is 6.62. The summed E-state index contributed by atoms with van der Waals surface area (Å²) in [4.78, 5) is 18.9. The Labute approximate surface area is 129 Å². The van der Waals surface area contributed by atoms with Crippen LogP contribution in [0.5, 0.6) is 0 Å². The summed E-state index contributed by atoms with van der Waals surface area (Å²) in [6.07, 6.45) is 7.24. The molecule has 0 spiro atoms. The predicted octanol–water partition coefficient (Wildman–Crippen LogP) is 2.26. The number of hydrogen-bond acceptors (Lipinski definition) is 4. The maximum absolute atomic E-state index is 11.9. The molecule has 7 heteroatoms. The second-order valence-corrected chi connectivity index (χ2v) is 5.57. The molecule has 1 amide bonds. The summed E-state index contributed by atoms with van der Waals surface area (Å²) >= 11 is 1.58. The molecule has 0 aliphatic carbocycles. The lowest BCUT2D eigenvalue weighted by atomic mass is 10.1. The number of likely N-dealkylation sites (tertiary alicyclic amines) is 1. The number of thiazole rings is 1. The first-order chi connectivity index (χ1) is 8.15. The number of aryl methyl sites for hydroxylation is 1. The van der Waals surface area contributed by atoms with Gasteiger partial charge in [0.05, 0.1) is 5.01 Å². The van der Waals surface area contributed by atoms with Gasteiger partial charge in [0.1, 0.15) is 0 Å². The lowest BCUT2D eigenvalue weighted by Gasteiger charge is -2.29. The van der Waals surface area contributed by atoms with Crippen molar-refractivity contribution in [2.24, 2.45) is 5.73 Å². The highest BCUT2D eigenvalue weighted by Gasteiger charge is 2.19. The third-order valence-electron chi connectivity index (χ3n) is 2.80. The number of piperidine rings is 1. The van der Waals surface area contributed by atoms with Gasteiger partial charge in [-0.25, -0.2) is 4.98 Å². The number of hydrogen-bond donors (Lipinski definition) is 1. The zero-order chi connectivity index (χ0) is 12.3. The van der Waals surface area contributed by atoms with Crippen molar-refractivity contribution in [2.75, 3.05) is 13.1 Å². The standard InChI is InChI=1S/C12H17N3OS.2ClH/c1-9-14-7-11(17-9)4-5-12(16)15-6-2-3-10(13)8-15;;/h4-5,7,10H,2-3,6,8,13H2,1H3;2*1H/b5-4+;;. The van der Waals surface area contributed by atoms with E-state index >= 15 is 0 Å². The van der Waals surface area contributed by atoms with Gasteiger partial charge in [0.2, 0.25) is 5.91 Å². The Morgan fingerprint density at radius 1 is 1.58 bits per heavy atom. The number of carbonyl (C=O) groups excluding carboxylic acids is 1. The van der Waals surface area contributed by atoms with Crippen LogP contribution in [0.25, 0.3) is 6.08 Å². The fourth-order valence-electron chi connectivity index (χ4n) is 1.92. The monoisotopic (exact) mass is 323 g/mol. The van der Waals surface area contributed by atoms with Crippen molar-refractivity contribution in [1.82, 2.24) is 9.88 Å². The van der Waals surface area contributed by atoms with E-state index in [1.807, 2.05) is 17.9 Å². The Hall–Kier alpha value is -0.620. The van der Waals surface area contributed by atoms with Crippen LogP contribution in [-0.2, 0) is 4.79 Å². The summed E-state index contributed by atoms with van der Waals surface area (Å²) in [5.74, 6) is 0.0474. The number of nitrogens with two attached hydrogens (primary N) is 1. The molecule has 1 saturated heterocycles. The lowest BCUT2D eigenvalue weighted by molar-refractivity contribution is -0.127. The van der Waals surface area contributed by atoms with Crippen LogP contribution in [0.4, 0.5) is 0 Å². The van der Waals surface area contributed by atoms with Crippen molar-refractivity contribution in [3.63, 3.8) is 0 Å². The lowest BCUT2D eigenvalue weighted by Crippen LogP contribution is -2.45. The number of amides is 1. The average molecular weight is 324 g/mol. The van der Waals surface area contributed by atoms with Crippen molar-refractivity contribution < 1.29 is 4.79 Å². The summed E-state index contributed by atoms with van der Waals surface area (Å²) in [6.45, 7) is 3.44. The molecular weight excluding hydrogens is 305 g/mol. The van der Waals surface area contributed by atoms with Crippen molar-refractivity contribution in [3.05, 3.63) is 22.2 Å². The van der Waals surface area contributed by atoms with Crippen LogP contribution < -0.4 is 5.73 Å². The van der Waals surface area contributed by atoms with Crippen molar-refractivity contribution >= 4 is 48.1 Å². The zero-order valence-corrected chi connectivity index (χ0v) is 13.2. The van der Waals surface area contributed by atoms with Gasteiger partial charge in [0.15, 0.2) is 0 Å². The van der Waals surface area contributed by atoms with E-state index in [9.17, 15) is 4.79 Å². The Morgan fingerprint density at radius 3 is 2.89 bits per heavy atom. The van der Waals surface area contributed by atoms with Crippen LogP contribution in [0, 0.1) is 6.92 Å². The Balaban J connectivity index is 0.00000162. The normalized spacial score (nSPS) is 18.8. The molecular formula is C12H19Cl2N3OS. The quantitative estimate of drug-likeness (QED) is 0.849. The summed E-state index contributed by atoms with van der Waals surface area (Å²) in [5, 5.41) is 1.01. The average Bonchev–Trinajstić information content (AvgIpc) is 2.72. The van der Waals surface area contributed by atoms with E-state index in [1.54, 1.807) is 23.6 Å². The van der Waals surface area contributed by atoms with E-state index < -0.39 is 0 Å². The van der Waals surface area contributed by atoms with E-state index in [-0.39, 0.29) is 36.8 Å². The maximum Gasteiger partial charge on any atom is 0.246 e. The van der Waals surface area contributed by atoms with Gasteiger partial charge in [-0.15, -0.1) is 36.2 Å². The molecule has 1 aromatic rings. The van der Waals surface area contributed by atoms with Crippen LogP contribution in [0.3, 0.4) is 0 Å². The highest BCUT2D eigenvalue weighted by molar-refractivity contribution is 7.12. The fourth-order valence-corrected chi connectivity index (χ4v) is 2.61. The van der Waals surface area contributed by atoms with Gasteiger partial charge >= 0.3 is 0 Å². The van der Waals surface area contributed by atoms with Crippen molar-refractivity contribution in [3.8, 4) is 0 Å². The third-order valence-corrected chi connectivity index (χ3v) is 3.68. The van der Waals surface area contributed by atoms with Crippen LogP contribution in [0.2, 0.25) is 0 Å². The van der Waals surface area contributed by atoms with E-state index in [0.717, 1.165) is 29.3 Å². The summed E-state index contributed by atoms with van der Waals surface area (Å²) in [6, 6.07) is 0.131. The topological polar surface area (TPSA) is 59.2 Å². The molecule has 1 aliphatic rings. The van der Waals surface area contributed by atoms with Crippen LogP contribution in [-0.4, -0.2) is 34.9 Å². The molecule has 19 heavy (non-hydrogen) atoms. The van der Waals surface area contributed by atoms with Crippen LogP contribution in [0.1, 0.15) is 22.7 Å². The van der Waals surface area contributed by atoms with Crippen molar-refractivity contribution in [1.29, 1.82) is 0 Å². The van der Waals surface area contributed by atoms with E-state index in [1.165, 1.54) is 0 Å². The third kappa shape index (κ3) is 5.48. The van der Waals surface area contributed by atoms with Gasteiger partial charge in [-0.3, -0.25) is 4.79 Å². The van der Waals surface area contributed by atoms with Gasteiger partial charge in [-0.1, -0.05) is 0 Å². The van der Waals surface area contributed by atoms with Gasteiger partial charge in [-0.05, 0) is 25.8 Å². The van der Waals surface area contributed by atoms with E-state index in [0.29, 0.717) is 6.54 Å². The summed E-state index contributed by atoms with van der Waals surface area (Å²) < 4.78 is 0. The maximum atomic E-state index is 11.9. The molecule has 108 valence electrons. The highest BCUT2D eigenvalue weighted by atomic mass is 35.5. The number of carbonyl (C=O) groups is 1. The Bertz CT molecular complexity index is 436. The molecule has 2 rings (SSSR count). The van der Waals surface area contributed by atoms with E-state index in [4.69, 9.17) is 5.73 Å². The molecule has 0 saturated carbocycles. The molecule has 1 aromatic heterocycles. The Kier molecular flexibility index (Phi) is 8.25. The molecule has 1 fully saturated rings. The van der Waals surface area contributed by atoms with Crippen LogP contribution in [0.15, 0.2) is 12.3 Å². The van der Waals surface area contributed by atoms with Gasteiger partial charge < -0.3 is 10.6 Å². The SMILES string of the molecule is Cc1ncc(/C=C/C(=O)N2CCCC(N)C2)s1.Cl.Cl. The van der Waals surface area contributed by atoms with Gasteiger partial charge in [0, 0.05) is 36.3 Å². The second-order valence-electron chi connectivity index (χ2n) is 4.30. The molecule has 0 aromatic carbocycles. The zero-order valence-electron chi connectivity index (χ0n) is 10.7. The molecule has 2 N–H and O–H groups in total. The largest absolute Gasteiger partial charge is 0.338 e. The summed E-state index contributed by atoms with van der Waals surface area (Å²) in [7, 11) is 0. The summed E-state index contributed by atoms with van der Waals surface area (Å²) in [5.41, 5.74) is 5.85. The smallest absolute Gasteiger partial charge is 0.246 e. The molecule has 4 nitrogen and oxygen atoms in total. The Morgan fingerprint density at radius 2 is 2.32 bits per heavy atom. The van der Waals surface area contributed by atoms with Crippen molar-refractivity contribution in [2.45, 2.75) is 25.8 Å². The minimum absolute atomic E-state index is 0. The molecule has 1 unspecified atom stereocenters.